The summed E-state index contributed by atoms with van der Waals surface area (Å²) in [5.74, 6) is 0. The average Bonchev–Trinajstić information content (AvgIpc) is 2.39. The third kappa shape index (κ3) is 2.67. The number of benzene rings is 2. The molecule has 1 N–H and O–H groups in total. The Labute approximate surface area is 132 Å². The summed E-state index contributed by atoms with van der Waals surface area (Å²) in [4.78, 5) is 1.19. The third-order valence-corrected chi connectivity index (χ3v) is 5.61. The molecule has 0 unspecified atom stereocenters. The van der Waals surface area contributed by atoms with Crippen molar-refractivity contribution in [3.05, 3.63) is 63.6 Å². The highest BCUT2D eigenvalue weighted by molar-refractivity contribution is 9.10. The van der Waals surface area contributed by atoms with Crippen molar-refractivity contribution in [3.63, 3.8) is 0 Å². The van der Waals surface area contributed by atoms with Gasteiger partial charge in [0.25, 0.3) is 0 Å². The number of fused-ring (bicyclic) bond motifs is 1. The molecule has 3 heteroatoms. The first kappa shape index (κ1) is 14.2. The van der Waals surface area contributed by atoms with E-state index in [-0.39, 0.29) is 5.25 Å². The highest BCUT2D eigenvalue weighted by atomic mass is 79.9. The maximum absolute atomic E-state index is 10.8. The van der Waals surface area contributed by atoms with Crippen LogP contribution in [0, 0.1) is 6.92 Å². The maximum atomic E-state index is 10.8. The lowest BCUT2D eigenvalue weighted by atomic mass is 9.87. The Hall–Kier alpha value is -0.770. The van der Waals surface area contributed by atoms with Crippen molar-refractivity contribution in [1.29, 1.82) is 0 Å². The van der Waals surface area contributed by atoms with Crippen LogP contribution in [-0.4, -0.2) is 5.11 Å². The molecule has 2 aromatic rings. The molecule has 2 aromatic carbocycles. The summed E-state index contributed by atoms with van der Waals surface area (Å²) >= 11 is 5.38. The Morgan fingerprint density at radius 1 is 1.25 bits per heavy atom. The summed E-state index contributed by atoms with van der Waals surface area (Å²) in [7, 11) is 0. The van der Waals surface area contributed by atoms with Crippen LogP contribution in [0.1, 0.15) is 35.3 Å². The van der Waals surface area contributed by atoms with Crippen molar-refractivity contribution in [1.82, 2.24) is 0 Å². The van der Waals surface area contributed by atoms with Gasteiger partial charge in [-0.05, 0) is 49.6 Å². The lowest BCUT2D eigenvalue weighted by Gasteiger charge is -2.36. The Kier molecular flexibility index (Phi) is 3.69. The summed E-state index contributed by atoms with van der Waals surface area (Å²) in [6.07, 6.45) is 0.741. The van der Waals surface area contributed by atoms with Crippen LogP contribution in [0.25, 0.3) is 0 Å². The molecule has 1 aliphatic heterocycles. The average molecular weight is 349 g/mol. The van der Waals surface area contributed by atoms with Gasteiger partial charge in [-0.3, -0.25) is 0 Å². The second-order valence-electron chi connectivity index (χ2n) is 5.64. The van der Waals surface area contributed by atoms with Crippen LogP contribution < -0.4 is 0 Å². The molecule has 0 radical (unpaired) electrons. The molecule has 1 aliphatic rings. The topological polar surface area (TPSA) is 20.2 Å². The maximum Gasteiger partial charge on any atom is 0.0893 e. The molecule has 0 saturated carbocycles. The second kappa shape index (κ2) is 5.21. The Bertz CT molecular complexity index is 651. The largest absolute Gasteiger partial charge is 0.385 e. The highest BCUT2D eigenvalue weighted by Gasteiger charge is 2.36. The number of aryl methyl sites for hydroxylation is 1. The zero-order valence-electron chi connectivity index (χ0n) is 11.6. The zero-order valence-corrected chi connectivity index (χ0v) is 14.0. The van der Waals surface area contributed by atoms with Crippen LogP contribution in [0.3, 0.4) is 0 Å². The minimum absolute atomic E-state index is 0.290. The van der Waals surface area contributed by atoms with Gasteiger partial charge in [-0.15, -0.1) is 11.8 Å². The fraction of sp³-hybridized carbons (Fsp3) is 0.294. The molecule has 1 nitrogen and oxygen atoms in total. The summed E-state index contributed by atoms with van der Waals surface area (Å²) in [5, 5.41) is 11.1. The molecule has 20 heavy (non-hydrogen) atoms. The Morgan fingerprint density at radius 2 is 2.05 bits per heavy atom. The van der Waals surface area contributed by atoms with Gasteiger partial charge in [0.15, 0.2) is 0 Å². The van der Waals surface area contributed by atoms with E-state index in [4.69, 9.17) is 0 Å². The van der Waals surface area contributed by atoms with E-state index in [1.165, 1.54) is 16.0 Å². The van der Waals surface area contributed by atoms with E-state index in [9.17, 15) is 5.11 Å². The molecule has 0 amide bonds. The quantitative estimate of drug-likeness (QED) is 0.763. The first-order chi connectivity index (χ1) is 9.45. The first-order valence-electron chi connectivity index (χ1n) is 6.71. The van der Waals surface area contributed by atoms with Gasteiger partial charge >= 0.3 is 0 Å². The van der Waals surface area contributed by atoms with Gasteiger partial charge in [-0.25, -0.2) is 0 Å². The van der Waals surface area contributed by atoms with E-state index in [0.717, 1.165) is 16.5 Å². The number of aliphatic hydroxyl groups is 1. The normalized spacial score (nSPS) is 25.3. The molecule has 0 aromatic heterocycles. The molecular formula is C17H17BrOS. The first-order valence-corrected chi connectivity index (χ1v) is 8.38. The monoisotopic (exact) mass is 348 g/mol. The second-order valence-corrected chi connectivity index (χ2v) is 7.80. The molecule has 1 heterocycles. The number of hydrogen-bond acceptors (Lipinski definition) is 2. The van der Waals surface area contributed by atoms with Gasteiger partial charge in [0.2, 0.25) is 0 Å². The van der Waals surface area contributed by atoms with Gasteiger partial charge in [0.05, 0.1) is 5.60 Å². The van der Waals surface area contributed by atoms with Gasteiger partial charge in [-0.2, -0.15) is 0 Å². The predicted octanol–water partition coefficient (Wildman–Crippen LogP) is 5.20. The van der Waals surface area contributed by atoms with Gasteiger partial charge < -0.3 is 5.11 Å². The number of rotatable bonds is 1. The van der Waals surface area contributed by atoms with E-state index in [0.29, 0.717) is 0 Å². The van der Waals surface area contributed by atoms with Crippen molar-refractivity contribution >= 4 is 27.7 Å². The Balaban J connectivity index is 2.02. The van der Waals surface area contributed by atoms with Crippen molar-refractivity contribution < 1.29 is 5.11 Å². The highest BCUT2D eigenvalue weighted by Crippen LogP contribution is 2.51. The van der Waals surface area contributed by atoms with E-state index in [1.807, 2.05) is 24.8 Å². The van der Waals surface area contributed by atoms with Crippen LogP contribution in [-0.2, 0) is 5.60 Å². The van der Waals surface area contributed by atoms with Crippen LogP contribution >= 0.6 is 27.7 Å². The van der Waals surface area contributed by atoms with Crippen molar-refractivity contribution in [2.75, 3.05) is 0 Å². The summed E-state index contributed by atoms with van der Waals surface area (Å²) < 4.78 is 1.09. The van der Waals surface area contributed by atoms with Gasteiger partial charge in [0, 0.05) is 14.6 Å². The molecule has 2 atom stereocenters. The van der Waals surface area contributed by atoms with Gasteiger partial charge in [-0.1, -0.05) is 45.8 Å². The standard InChI is InChI=1S/C17H17BrOS/c1-11-6-7-15-14(8-11)17(2,19)10-16(20-15)12-4-3-5-13(18)9-12/h3-9,16,19H,10H2,1-2H3/t16-,17-/m1/s1. The fourth-order valence-corrected chi connectivity index (χ4v) is 4.69. The molecule has 3 rings (SSSR count). The molecule has 0 saturated heterocycles. The molecule has 0 spiro atoms. The molecular weight excluding hydrogens is 332 g/mol. The minimum Gasteiger partial charge on any atom is -0.385 e. The lowest BCUT2D eigenvalue weighted by Crippen LogP contribution is -2.27. The minimum atomic E-state index is -0.764. The van der Waals surface area contributed by atoms with Crippen molar-refractivity contribution in [3.8, 4) is 0 Å². The van der Waals surface area contributed by atoms with E-state index < -0.39 is 5.60 Å². The van der Waals surface area contributed by atoms with E-state index in [2.05, 4.69) is 59.3 Å². The molecule has 0 bridgehead atoms. The fourth-order valence-electron chi connectivity index (χ4n) is 2.73. The summed E-state index contributed by atoms with van der Waals surface area (Å²) in [5.41, 5.74) is 2.76. The van der Waals surface area contributed by atoms with Crippen LogP contribution in [0.4, 0.5) is 0 Å². The summed E-state index contributed by atoms with van der Waals surface area (Å²) in [6.45, 7) is 4.00. The zero-order chi connectivity index (χ0) is 14.3. The van der Waals surface area contributed by atoms with Crippen molar-refractivity contribution in [2.24, 2.45) is 0 Å². The smallest absolute Gasteiger partial charge is 0.0893 e. The van der Waals surface area contributed by atoms with Crippen LogP contribution in [0.15, 0.2) is 51.8 Å². The van der Waals surface area contributed by atoms with Crippen LogP contribution in [0.2, 0.25) is 0 Å². The van der Waals surface area contributed by atoms with Crippen molar-refractivity contribution in [2.45, 2.75) is 36.0 Å². The van der Waals surface area contributed by atoms with E-state index in [1.54, 1.807) is 0 Å². The Morgan fingerprint density at radius 3 is 2.80 bits per heavy atom. The lowest BCUT2D eigenvalue weighted by molar-refractivity contribution is 0.0421. The molecule has 0 fully saturated rings. The SMILES string of the molecule is Cc1ccc2c(c1)[C@](C)(O)C[C@H](c1cccc(Br)c1)S2. The molecule has 104 valence electrons. The number of hydrogen-bond donors (Lipinski definition) is 1. The van der Waals surface area contributed by atoms with Crippen LogP contribution in [0.5, 0.6) is 0 Å². The number of halogens is 1. The third-order valence-electron chi connectivity index (χ3n) is 3.79. The predicted molar refractivity (Wildman–Crippen MR) is 88.1 cm³/mol. The summed E-state index contributed by atoms with van der Waals surface area (Å²) in [6, 6.07) is 14.7. The van der Waals surface area contributed by atoms with E-state index >= 15 is 0 Å². The number of thioether (sulfide) groups is 1. The van der Waals surface area contributed by atoms with Gasteiger partial charge in [0.1, 0.15) is 0 Å². The molecule has 0 aliphatic carbocycles.